The summed E-state index contributed by atoms with van der Waals surface area (Å²) >= 11 is 0. The maximum Gasteiger partial charge on any atom is 0.234 e. The van der Waals surface area contributed by atoms with Crippen molar-refractivity contribution >= 4 is 11.7 Å². The number of Topliss-reactive ketones (excluding diaryl/α,β-unsaturated/α-hetero) is 1. The largest absolute Gasteiger partial charge is 0.371 e. The fraction of sp³-hybridized carbons (Fsp3) is 0.833. The molecule has 0 aliphatic heterocycles. The Morgan fingerprint density at radius 2 is 1.82 bits per heavy atom. The summed E-state index contributed by atoms with van der Waals surface area (Å²) in [6.07, 6.45) is 0.387. The number of carbonyl (C=O) groups excluding carboxylic acids is 2. The number of hydrogen-bond donors (Lipinski definition) is 3. The molecule has 0 spiro atoms. The van der Waals surface area contributed by atoms with Crippen molar-refractivity contribution in [1.82, 2.24) is 10.6 Å². The molecule has 0 aromatic rings. The molecule has 5 nitrogen and oxygen atoms in total. The van der Waals surface area contributed by atoms with E-state index >= 15 is 0 Å². The fourth-order valence-corrected chi connectivity index (χ4v) is 1.51. The molecule has 0 aromatic heterocycles. The molecule has 2 atom stereocenters. The first-order valence-electron chi connectivity index (χ1n) is 6.13. The van der Waals surface area contributed by atoms with E-state index in [0.717, 1.165) is 12.8 Å². The number of ketones is 1. The van der Waals surface area contributed by atoms with Crippen molar-refractivity contribution in [3.05, 3.63) is 0 Å². The zero-order chi connectivity index (χ0) is 13.4. The molecule has 0 radical (unpaired) electrons. The van der Waals surface area contributed by atoms with Crippen LogP contribution in [0.2, 0.25) is 0 Å². The van der Waals surface area contributed by atoms with Crippen LogP contribution in [0.4, 0.5) is 0 Å². The van der Waals surface area contributed by atoms with Crippen molar-refractivity contribution in [2.45, 2.75) is 52.8 Å². The van der Waals surface area contributed by atoms with Crippen LogP contribution in [0.25, 0.3) is 0 Å². The van der Waals surface area contributed by atoms with Gasteiger partial charge in [-0.3, -0.25) is 14.9 Å². The van der Waals surface area contributed by atoms with Gasteiger partial charge < -0.3 is 10.4 Å². The average molecular weight is 244 g/mol. The Kier molecular flexibility index (Phi) is 7.74. The molecule has 0 bridgehead atoms. The zero-order valence-electron chi connectivity index (χ0n) is 11.1. The Balaban J connectivity index is 3.96. The van der Waals surface area contributed by atoms with Crippen molar-refractivity contribution < 1.29 is 14.7 Å². The molecule has 0 saturated carbocycles. The molecular weight excluding hydrogens is 220 g/mol. The minimum Gasteiger partial charge on any atom is -0.371 e. The SMILES string of the molecule is CCCC(C)C(=O)[C@H](O)NCC(=O)NC(C)C. The lowest BCUT2D eigenvalue weighted by atomic mass is 10.00. The van der Waals surface area contributed by atoms with Gasteiger partial charge in [-0.25, -0.2) is 0 Å². The zero-order valence-corrected chi connectivity index (χ0v) is 11.1. The monoisotopic (exact) mass is 244 g/mol. The van der Waals surface area contributed by atoms with Gasteiger partial charge in [0, 0.05) is 12.0 Å². The minimum atomic E-state index is -1.26. The predicted octanol–water partition coefficient (Wildman–Crippen LogP) is 0.424. The van der Waals surface area contributed by atoms with E-state index in [1.54, 1.807) is 6.92 Å². The highest BCUT2D eigenvalue weighted by Gasteiger charge is 2.21. The van der Waals surface area contributed by atoms with Crippen LogP contribution >= 0.6 is 0 Å². The first-order valence-corrected chi connectivity index (χ1v) is 6.13. The summed E-state index contributed by atoms with van der Waals surface area (Å²) in [6, 6.07) is 0.0520. The van der Waals surface area contributed by atoms with Gasteiger partial charge >= 0.3 is 0 Å². The number of rotatable bonds is 8. The number of aliphatic hydroxyl groups excluding tert-OH is 1. The Labute approximate surface area is 103 Å². The smallest absolute Gasteiger partial charge is 0.234 e. The maximum absolute atomic E-state index is 11.6. The number of nitrogens with one attached hydrogen (secondary N) is 2. The molecule has 17 heavy (non-hydrogen) atoms. The molecular formula is C12H24N2O3. The molecule has 0 aliphatic rings. The van der Waals surface area contributed by atoms with E-state index in [9.17, 15) is 14.7 Å². The Bertz CT molecular complexity index is 254. The summed E-state index contributed by atoms with van der Waals surface area (Å²) in [6.45, 7) is 7.42. The first-order chi connectivity index (χ1) is 7.88. The molecule has 0 aliphatic carbocycles. The van der Waals surface area contributed by atoms with E-state index in [2.05, 4.69) is 10.6 Å². The molecule has 100 valence electrons. The quantitative estimate of drug-likeness (QED) is 0.541. The molecule has 0 aromatic carbocycles. The summed E-state index contributed by atoms with van der Waals surface area (Å²) in [5.74, 6) is -0.671. The number of hydrogen-bond acceptors (Lipinski definition) is 4. The van der Waals surface area contributed by atoms with Gasteiger partial charge in [0.25, 0.3) is 0 Å². The van der Waals surface area contributed by atoms with Gasteiger partial charge in [0.2, 0.25) is 5.91 Å². The van der Waals surface area contributed by atoms with E-state index in [1.807, 2.05) is 20.8 Å². The van der Waals surface area contributed by atoms with Crippen LogP contribution in [-0.2, 0) is 9.59 Å². The van der Waals surface area contributed by atoms with E-state index in [4.69, 9.17) is 0 Å². The van der Waals surface area contributed by atoms with Crippen molar-refractivity contribution in [2.24, 2.45) is 5.92 Å². The summed E-state index contributed by atoms with van der Waals surface area (Å²) in [5.41, 5.74) is 0. The van der Waals surface area contributed by atoms with Crippen LogP contribution in [0.3, 0.4) is 0 Å². The van der Waals surface area contributed by atoms with E-state index in [1.165, 1.54) is 0 Å². The van der Waals surface area contributed by atoms with Crippen LogP contribution in [0.15, 0.2) is 0 Å². The first kappa shape index (κ1) is 16.1. The number of carbonyl (C=O) groups is 2. The Morgan fingerprint density at radius 3 is 2.29 bits per heavy atom. The second-order valence-corrected chi connectivity index (χ2v) is 4.60. The van der Waals surface area contributed by atoms with Gasteiger partial charge in [-0.1, -0.05) is 20.3 Å². The lowest BCUT2D eigenvalue weighted by molar-refractivity contribution is -0.133. The van der Waals surface area contributed by atoms with Crippen molar-refractivity contribution in [1.29, 1.82) is 0 Å². The van der Waals surface area contributed by atoms with Crippen LogP contribution in [0.1, 0.15) is 40.5 Å². The van der Waals surface area contributed by atoms with Crippen LogP contribution in [-0.4, -0.2) is 35.6 Å². The molecule has 1 unspecified atom stereocenters. The van der Waals surface area contributed by atoms with Crippen LogP contribution in [0.5, 0.6) is 0 Å². The lowest BCUT2D eigenvalue weighted by Crippen LogP contribution is -2.45. The van der Waals surface area contributed by atoms with Crippen LogP contribution < -0.4 is 10.6 Å². The maximum atomic E-state index is 11.6. The molecule has 1 amide bonds. The average Bonchev–Trinajstić information content (AvgIpc) is 2.24. The summed E-state index contributed by atoms with van der Waals surface area (Å²) in [5, 5.41) is 14.7. The van der Waals surface area contributed by atoms with E-state index < -0.39 is 6.23 Å². The third-order valence-corrected chi connectivity index (χ3v) is 2.38. The van der Waals surface area contributed by atoms with Gasteiger partial charge in [-0.15, -0.1) is 0 Å². The number of aliphatic hydroxyl groups is 1. The summed E-state index contributed by atoms with van der Waals surface area (Å²) in [7, 11) is 0. The third-order valence-electron chi connectivity index (χ3n) is 2.38. The lowest BCUT2D eigenvalue weighted by Gasteiger charge is -2.16. The van der Waals surface area contributed by atoms with Gasteiger partial charge in [-0.2, -0.15) is 0 Å². The third kappa shape index (κ3) is 7.07. The Hall–Kier alpha value is -0.940. The predicted molar refractivity (Wildman–Crippen MR) is 66.4 cm³/mol. The second-order valence-electron chi connectivity index (χ2n) is 4.60. The summed E-state index contributed by atoms with van der Waals surface area (Å²) < 4.78 is 0. The van der Waals surface area contributed by atoms with Gasteiger partial charge in [-0.05, 0) is 20.3 Å². The van der Waals surface area contributed by atoms with Gasteiger partial charge in [0.1, 0.15) is 0 Å². The molecule has 0 fully saturated rings. The molecule has 5 heteroatoms. The molecule has 0 rings (SSSR count). The standard InChI is InChI=1S/C12H24N2O3/c1-5-6-9(4)11(16)12(17)13-7-10(15)14-8(2)3/h8-9,12-13,17H,5-7H2,1-4H3,(H,14,15)/t9?,12-/m0/s1. The topological polar surface area (TPSA) is 78.4 Å². The molecule has 3 N–H and O–H groups in total. The second kappa shape index (κ2) is 8.20. The van der Waals surface area contributed by atoms with Gasteiger partial charge in [0.05, 0.1) is 6.54 Å². The van der Waals surface area contributed by atoms with Gasteiger partial charge in [0.15, 0.2) is 12.0 Å². The van der Waals surface area contributed by atoms with Crippen molar-refractivity contribution in [3.8, 4) is 0 Å². The normalized spacial score (nSPS) is 14.5. The molecule has 0 heterocycles. The number of amides is 1. The van der Waals surface area contributed by atoms with E-state index in [0.29, 0.717) is 0 Å². The van der Waals surface area contributed by atoms with Crippen LogP contribution in [0, 0.1) is 5.92 Å². The van der Waals surface area contributed by atoms with Crippen molar-refractivity contribution in [2.75, 3.05) is 6.54 Å². The van der Waals surface area contributed by atoms with E-state index in [-0.39, 0.29) is 30.2 Å². The van der Waals surface area contributed by atoms with Crippen molar-refractivity contribution in [3.63, 3.8) is 0 Å². The highest BCUT2D eigenvalue weighted by atomic mass is 16.3. The fourth-order valence-electron chi connectivity index (χ4n) is 1.51. The highest BCUT2D eigenvalue weighted by molar-refractivity contribution is 5.85. The Morgan fingerprint density at radius 1 is 1.24 bits per heavy atom. The summed E-state index contributed by atoms with van der Waals surface area (Å²) in [4.78, 5) is 22.9. The highest BCUT2D eigenvalue weighted by Crippen LogP contribution is 2.07. The minimum absolute atomic E-state index is 0.0517. The molecule has 0 saturated heterocycles.